The van der Waals surface area contributed by atoms with Crippen molar-refractivity contribution in [2.24, 2.45) is 0 Å². The second-order valence-corrected chi connectivity index (χ2v) is 5.06. The Hall–Kier alpha value is -1.93. The highest BCUT2D eigenvalue weighted by atomic mass is 79.9. The zero-order valence-corrected chi connectivity index (χ0v) is 12.2. The summed E-state index contributed by atoms with van der Waals surface area (Å²) in [4.78, 5) is 22.4. The normalized spacial score (nSPS) is 10.3. The number of carboxylic acids is 1. The third-order valence-electron chi connectivity index (χ3n) is 2.25. The Kier molecular flexibility index (Phi) is 4.35. The molecule has 1 aromatic heterocycles. The van der Waals surface area contributed by atoms with Crippen LogP contribution in [0.2, 0.25) is 5.02 Å². The summed E-state index contributed by atoms with van der Waals surface area (Å²) in [5.74, 6) is -1.58. The van der Waals surface area contributed by atoms with Crippen molar-refractivity contribution in [1.29, 1.82) is 0 Å². The van der Waals surface area contributed by atoms with Crippen LogP contribution in [0.1, 0.15) is 10.5 Å². The summed E-state index contributed by atoms with van der Waals surface area (Å²) in [5.41, 5.74) is 0.494. The molecule has 0 radical (unpaired) electrons. The second kappa shape index (κ2) is 6.02. The fourth-order valence-electron chi connectivity index (χ4n) is 1.40. The number of hydrogen-bond acceptors (Lipinski definition) is 4. The van der Waals surface area contributed by atoms with Crippen LogP contribution in [0.25, 0.3) is 0 Å². The third kappa shape index (κ3) is 3.55. The van der Waals surface area contributed by atoms with E-state index < -0.39 is 11.9 Å². The molecule has 0 aliphatic carbocycles. The van der Waals surface area contributed by atoms with Crippen molar-refractivity contribution in [3.8, 4) is 0 Å². The number of carboxylic acid groups (broad SMARTS) is 1. The Balaban J connectivity index is 2.13. The van der Waals surface area contributed by atoms with Crippen molar-refractivity contribution in [1.82, 2.24) is 15.0 Å². The third-order valence-corrected chi connectivity index (χ3v) is 3.17. The van der Waals surface area contributed by atoms with Gasteiger partial charge in [-0.2, -0.15) is 0 Å². The highest BCUT2D eigenvalue weighted by Gasteiger charge is 2.13. The number of anilines is 1. The molecule has 0 fully saturated rings. The monoisotopic (exact) mass is 358 g/mol. The van der Waals surface area contributed by atoms with Gasteiger partial charge >= 0.3 is 5.97 Å². The van der Waals surface area contributed by atoms with Gasteiger partial charge in [0.1, 0.15) is 6.54 Å². The molecular weight excluding hydrogens is 352 g/mol. The van der Waals surface area contributed by atoms with Crippen LogP contribution in [0.15, 0.2) is 28.9 Å². The summed E-state index contributed by atoms with van der Waals surface area (Å²) in [5, 5.41) is 18.8. The van der Waals surface area contributed by atoms with Gasteiger partial charge in [0, 0.05) is 9.50 Å². The topological polar surface area (TPSA) is 97.1 Å². The van der Waals surface area contributed by atoms with Gasteiger partial charge in [-0.05, 0) is 34.1 Å². The van der Waals surface area contributed by atoms with Gasteiger partial charge in [0.15, 0.2) is 5.69 Å². The molecule has 2 aromatic rings. The lowest BCUT2D eigenvalue weighted by Crippen LogP contribution is -2.13. The molecule has 104 valence electrons. The summed E-state index contributed by atoms with van der Waals surface area (Å²) in [6, 6.07) is 4.94. The van der Waals surface area contributed by atoms with Crippen LogP contribution in [-0.2, 0) is 11.3 Å². The van der Waals surface area contributed by atoms with Crippen molar-refractivity contribution >= 4 is 45.1 Å². The smallest absolute Gasteiger partial charge is 0.325 e. The van der Waals surface area contributed by atoms with Gasteiger partial charge in [-0.3, -0.25) is 9.59 Å². The van der Waals surface area contributed by atoms with Crippen molar-refractivity contribution in [3.63, 3.8) is 0 Å². The molecule has 1 aromatic carbocycles. The van der Waals surface area contributed by atoms with Gasteiger partial charge in [-0.25, -0.2) is 4.68 Å². The maximum Gasteiger partial charge on any atom is 0.325 e. The number of amides is 1. The minimum atomic E-state index is -1.07. The van der Waals surface area contributed by atoms with E-state index in [4.69, 9.17) is 16.7 Å². The molecule has 1 amide bonds. The molecule has 2 N–H and O–H groups in total. The van der Waals surface area contributed by atoms with Crippen LogP contribution in [0, 0.1) is 0 Å². The lowest BCUT2D eigenvalue weighted by atomic mass is 10.3. The van der Waals surface area contributed by atoms with Crippen molar-refractivity contribution < 1.29 is 14.7 Å². The molecule has 0 atom stereocenters. The lowest BCUT2D eigenvalue weighted by molar-refractivity contribution is -0.137. The number of carbonyl (C=O) groups excluding carboxylic acids is 1. The Morgan fingerprint density at radius 3 is 2.90 bits per heavy atom. The number of benzene rings is 1. The SMILES string of the molecule is O=C(O)Cn1cc(C(=O)Nc2cc(Cl)ccc2Br)nn1. The van der Waals surface area contributed by atoms with Gasteiger partial charge in [0.05, 0.1) is 11.9 Å². The Bertz CT molecular complexity index is 673. The van der Waals surface area contributed by atoms with E-state index in [1.807, 2.05) is 0 Å². The molecule has 9 heteroatoms. The van der Waals surface area contributed by atoms with Crippen LogP contribution in [0.5, 0.6) is 0 Å². The maximum atomic E-state index is 11.9. The summed E-state index contributed by atoms with van der Waals surface area (Å²) < 4.78 is 1.72. The van der Waals surface area contributed by atoms with Crippen LogP contribution in [0.3, 0.4) is 0 Å². The molecule has 0 saturated heterocycles. The number of aromatic nitrogens is 3. The van der Waals surface area contributed by atoms with Crippen molar-refractivity contribution in [3.05, 3.63) is 39.6 Å². The average Bonchev–Trinajstić information content (AvgIpc) is 2.81. The largest absolute Gasteiger partial charge is 0.480 e. The molecule has 0 aliphatic heterocycles. The summed E-state index contributed by atoms with van der Waals surface area (Å²) in [6.07, 6.45) is 1.25. The number of nitrogens with one attached hydrogen (secondary N) is 1. The molecule has 0 unspecified atom stereocenters. The van der Waals surface area contributed by atoms with E-state index in [1.165, 1.54) is 6.20 Å². The number of carbonyl (C=O) groups is 2. The van der Waals surface area contributed by atoms with E-state index in [1.54, 1.807) is 18.2 Å². The summed E-state index contributed by atoms with van der Waals surface area (Å²) >= 11 is 9.12. The quantitative estimate of drug-likeness (QED) is 0.870. The first-order valence-electron chi connectivity index (χ1n) is 5.34. The molecule has 20 heavy (non-hydrogen) atoms. The lowest BCUT2D eigenvalue weighted by Gasteiger charge is -2.05. The van der Waals surface area contributed by atoms with Crippen molar-refractivity contribution in [2.45, 2.75) is 6.54 Å². The molecule has 2 rings (SSSR count). The van der Waals surface area contributed by atoms with Gasteiger partial charge in [-0.15, -0.1) is 5.10 Å². The predicted octanol–water partition coefficient (Wildman–Crippen LogP) is 2.03. The second-order valence-electron chi connectivity index (χ2n) is 3.77. The molecule has 0 bridgehead atoms. The zero-order valence-electron chi connectivity index (χ0n) is 9.88. The average molecular weight is 360 g/mol. The van der Waals surface area contributed by atoms with Gasteiger partial charge in [0.2, 0.25) is 0 Å². The fourth-order valence-corrected chi connectivity index (χ4v) is 1.92. The molecule has 1 heterocycles. The highest BCUT2D eigenvalue weighted by Crippen LogP contribution is 2.26. The Morgan fingerprint density at radius 1 is 1.45 bits per heavy atom. The van der Waals surface area contributed by atoms with Gasteiger partial charge in [0.25, 0.3) is 5.91 Å². The minimum absolute atomic E-state index is 0.0122. The minimum Gasteiger partial charge on any atom is -0.480 e. The van der Waals surface area contributed by atoms with Crippen LogP contribution in [0.4, 0.5) is 5.69 Å². The molecule has 0 saturated carbocycles. The first-order valence-corrected chi connectivity index (χ1v) is 6.51. The summed E-state index contributed by atoms with van der Waals surface area (Å²) in [7, 11) is 0. The number of halogens is 2. The van der Waals surface area contributed by atoms with E-state index >= 15 is 0 Å². The Morgan fingerprint density at radius 2 is 2.20 bits per heavy atom. The van der Waals surface area contributed by atoms with E-state index in [2.05, 4.69) is 31.6 Å². The molecular formula is C11H8BrClN4O3. The van der Waals surface area contributed by atoms with E-state index in [0.717, 1.165) is 4.68 Å². The van der Waals surface area contributed by atoms with Crippen LogP contribution < -0.4 is 5.32 Å². The summed E-state index contributed by atoms with van der Waals surface area (Å²) in [6.45, 7) is -0.360. The highest BCUT2D eigenvalue weighted by molar-refractivity contribution is 9.10. The van der Waals surface area contributed by atoms with Crippen LogP contribution >= 0.6 is 27.5 Å². The van der Waals surface area contributed by atoms with Gasteiger partial charge < -0.3 is 10.4 Å². The molecule has 0 aliphatic rings. The first-order chi connectivity index (χ1) is 9.45. The van der Waals surface area contributed by atoms with Crippen molar-refractivity contribution in [2.75, 3.05) is 5.32 Å². The van der Waals surface area contributed by atoms with E-state index in [-0.39, 0.29) is 12.2 Å². The first kappa shape index (κ1) is 14.5. The zero-order chi connectivity index (χ0) is 14.7. The predicted molar refractivity (Wildman–Crippen MR) is 74.8 cm³/mol. The number of rotatable bonds is 4. The number of aliphatic carboxylic acids is 1. The fraction of sp³-hybridized carbons (Fsp3) is 0.0909. The molecule has 0 spiro atoms. The number of nitrogens with zero attached hydrogens (tertiary/aromatic N) is 3. The number of hydrogen-bond donors (Lipinski definition) is 2. The standard InChI is InChI=1S/C11H8BrClN4O3/c12-7-2-1-6(13)3-8(7)14-11(20)9-4-17(16-15-9)5-10(18)19/h1-4H,5H2,(H,14,20)(H,18,19). The van der Waals surface area contributed by atoms with E-state index in [0.29, 0.717) is 15.2 Å². The maximum absolute atomic E-state index is 11.9. The van der Waals surface area contributed by atoms with Crippen LogP contribution in [-0.4, -0.2) is 32.0 Å². The van der Waals surface area contributed by atoms with E-state index in [9.17, 15) is 9.59 Å². The van der Waals surface area contributed by atoms with Gasteiger partial charge in [-0.1, -0.05) is 16.8 Å². The Labute approximate surface area is 126 Å². The molecule has 7 nitrogen and oxygen atoms in total.